The molecule has 0 spiro atoms. The first-order valence-corrected chi connectivity index (χ1v) is 6.13. The summed E-state index contributed by atoms with van der Waals surface area (Å²) in [6.45, 7) is 0. The maximum atomic E-state index is 13.3. The van der Waals surface area contributed by atoms with Crippen molar-refractivity contribution in [1.29, 1.82) is 0 Å². The first-order valence-electron chi connectivity index (χ1n) is 5.75. The number of ether oxygens (including phenoxy) is 1. The van der Waals surface area contributed by atoms with E-state index in [1.807, 2.05) is 0 Å². The molecule has 2 aromatic rings. The number of benzene rings is 2. The predicted molar refractivity (Wildman–Crippen MR) is 68.6 cm³/mol. The third kappa shape index (κ3) is 4.09. The molecule has 0 heterocycles. The molecule has 0 aliphatic rings. The summed E-state index contributed by atoms with van der Waals surface area (Å²) >= 11 is 5.53. The van der Waals surface area contributed by atoms with E-state index in [2.05, 4.69) is 4.74 Å². The normalized spacial score (nSPS) is 13.0. The monoisotopic (exact) mass is 320 g/mol. The Bertz CT molecular complexity index is 643. The van der Waals surface area contributed by atoms with Crippen LogP contribution >= 0.6 is 11.6 Å². The second kappa shape index (κ2) is 5.91. The zero-order valence-corrected chi connectivity index (χ0v) is 11.1. The van der Waals surface area contributed by atoms with Gasteiger partial charge in [0, 0.05) is 0 Å². The van der Waals surface area contributed by atoms with Gasteiger partial charge in [-0.15, -0.1) is 13.2 Å². The van der Waals surface area contributed by atoms with Crippen molar-refractivity contribution >= 4 is 11.6 Å². The van der Waals surface area contributed by atoms with E-state index in [0.29, 0.717) is 0 Å². The van der Waals surface area contributed by atoms with Crippen LogP contribution in [0.5, 0.6) is 5.75 Å². The standard InChI is InChI=1S/C14H9ClF4O2/c15-11-5-4-9(7-12(11)16)13(20)8-2-1-3-10(6-8)21-14(17,18)19/h1-7,13,20H. The molecule has 7 heteroatoms. The lowest BCUT2D eigenvalue weighted by Gasteiger charge is -2.14. The quantitative estimate of drug-likeness (QED) is 0.846. The minimum Gasteiger partial charge on any atom is -0.406 e. The topological polar surface area (TPSA) is 29.5 Å². The van der Waals surface area contributed by atoms with E-state index < -0.39 is 24.0 Å². The second-order valence-electron chi connectivity index (χ2n) is 4.20. The van der Waals surface area contributed by atoms with Gasteiger partial charge in [0.25, 0.3) is 0 Å². The molecule has 2 rings (SSSR count). The van der Waals surface area contributed by atoms with Gasteiger partial charge in [0.1, 0.15) is 17.7 Å². The molecule has 0 radical (unpaired) electrons. The molecule has 1 atom stereocenters. The molecular weight excluding hydrogens is 312 g/mol. The lowest BCUT2D eigenvalue weighted by molar-refractivity contribution is -0.274. The van der Waals surface area contributed by atoms with Crippen LogP contribution in [0.15, 0.2) is 42.5 Å². The highest BCUT2D eigenvalue weighted by atomic mass is 35.5. The maximum Gasteiger partial charge on any atom is 0.573 e. The Hall–Kier alpha value is -1.79. The molecule has 1 N–H and O–H groups in total. The van der Waals surface area contributed by atoms with Gasteiger partial charge in [0.05, 0.1) is 5.02 Å². The Morgan fingerprint density at radius 1 is 1.05 bits per heavy atom. The second-order valence-corrected chi connectivity index (χ2v) is 4.60. The summed E-state index contributed by atoms with van der Waals surface area (Å²) < 4.78 is 53.5. The smallest absolute Gasteiger partial charge is 0.406 e. The predicted octanol–water partition coefficient (Wildman–Crippen LogP) is 4.46. The Morgan fingerprint density at radius 2 is 1.71 bits per heavy atom. The summed E-state index contributed by atoms with van der Waals surface area (Å²) in [6, 6.07) is 8.49. The minimum atomic E-state index is -4.82. The maximum absolute atomic E-state index is 13.3. The van der Waals surface area contributed by atoms with Crippen molar-refractivity contribution in [2.45, 2.75) is 12.5 Å². The zero-order chi connectivity index (χ0) is 15.6. The molecule has 0 aliphatic heterocycles. The van der Waals surface area contributed by atoms with Crippen molar-refractivity contribution in [3.8, 4) is 5.75 Å². The van der Waals surface area contributed by atoms with E-state index in [-0.39, 0.29) is 16.1 Å². The lowest BCUT2D eigenvalue weighted by atomic mass is 10.0. The molecule has 2 nitrogen and oxygen atoms in total. The van der Waals surface area contributed by atoms with Crippen LogP contribution in [0.2, 0.25) is 5.02 Å². The first-order chi connectivity index (χ1) is 9.76. The molecule has 0 saturated carbocycles. The Balaban J connectivity index is 2.28. The van der Waals surface area contributed by atoms with Crippen molar-refractivity contribution in [3.05, 3.63) is 64.4 Å². The van der Waals surface area contributed by atoms with Crippen molar-refractivity contribution in [3.63, 3.8) is 0 Å². The van der Waals surface area contributed by atoms with Gasteiger partial charge in [-0.25, -0.2) is 4.39 Å². The van der Waals surface area contributed by atoms with Gasteiger partial charge in [-0.3, -0.25) is 0 Å². The molecule has 0 fully saturated rings. The van der Waals surface area contributed by atoms with E-state index in [4.69, 9.17) is 11.6 Å². The average Bonchev–Trinajstić information content (AvgIpc) is 2.39. The number of aliphatic hydroxyl groups is 1. The van der Waals surface area contributed by atoms with E-state index in [0.717, 1.165) is 18.2 Å². The van der Waals surface area contributed by atoms with Gasteiger partial charge >= 0.3 is 6.36 Å². The highest BCUT2D eigenvalue weighted by molar-refractivity contribution is 6.30. The zero-order valence-electron chi connectivity index (χ0n) is 10.4. The number of rotatable bonds is 3. The van der Waals surface area contributed by atoms with Crippen molar-refractivity contribution in [1.82, 2.24) is 0 Å². The number of halogens is 5. The Morgan fingerprint density at radius 3 is 2.33 bits per heavy atom. The van der Waals surface area contributed by atoms with Crippen molar-refractivity contribution in [2.75, 3.05) is 0 Å². The van der Waals surface area contributed by atoms with Crippen LogP contribution in [0.1, 0.15) is 17.2 Å². The van der Waals surface area contributed by atoms with Crippen molar-refractivity contribution in [2.24, 2.45) is 0 Å². The molecule has 0 bridgehead atoms. The van der Waals surface area contributed by atoms with Gasteiger partial charge in [0.15, 0.2) is 0 Å². The third-order valence-corrected chi connectivity index (χ3v) is 2.97. The van der Waals surface area contributed by atoms with Crippen LogP contribution in [-0.2, 0) is 0 Å². The minimum absolute atomic E-state index is 0.111. The summed E-state index contributed by atoms with van der Waals surface area (Å²) in [5.74, 6) is -1.19. The van der Waals surface area contributed by atoms with Gasteiger partial charge < -0.3 is 9.84 Å². The average molecular weight is 321 g/mol. The summed E-state index contributed by atoms with van der Waals surface area (Å²) in [5, 5.41) is 9.97. The van der Waals surface area contributed by atoms with Crippen LogP contribution in [0.25, 0.3) is 0 Å². The highest BCUT2D eigenvalue weighted by Crippen LogP contribution is 2.29. The molecule has 0 aliphatic carbocycles. The van der Waals surface area contributed by atoms with E-state index >= 15 is 0 Å². The van der Waals surface area contributed by atoms with Crippen LogP contribution in [0.3, 0.4) is 0 Å². The molecule has 21 heavy (non-hydrogen) atoms. The molecule has 112 valence electrons. The highest BCUT2D eigenvalue weighted by Gasteiger charge is 2.31. The summed E-state index contributed by atoms with van der Waals surface area (Å²) in [5.41, 5.74) is 0.305. The van der Waals surface area contributed by atoms with Crippen LogP contribution < -0.4 is 4.74 Å². The molecule has 0 saturated heterocycles. The van der Waals surface area contributed by atoms with Crippen LogP contribution in [0, 0.1) is 5.82 Å². The summed E-state index contributed by atoms with van der Waals surface area (Å²) in [4.78, 5) is 0. The van der Waals surface area contributed by atoms with Gasteiger partial charge in [-0.05, 0) is 35.4 Å². The molecular formula is C14H9ClF4O2. The van der Waals surface area contributed by atoms with Gasteiger partial charge in [-0.2, -0.15) is 0 Å². The van der Waals surface area contributed by atoms with Crippen LogP contribution in [0.4, 0.5) is 17.6 Å². The van der Waals surface area contributed by atoms with Gasteiger partial charge in [0.2, 0.25) is 0 Å². The lowest BCUT2D eigenvalue weighted by Crippen LogP contribution is -2.17. The fraction of sp³-hybridized carbons (Fsp3) is 0.143. The fourth-order valence-electron chi connectivity index (χ4n) is 1.76. The number of hydrogen-bond donors (Lipinski definition) is 1. The number of alkyl halides is 3. The van der Waals surface area contributed by atoms with E-state index in [1.54, 1.807) is 0 Å². The van der Waals surface area contributed by atoms with Crippen molar-refractivity contribution < 1.29 is 27.4 Å². The van der Waals surface area contributed by atoms with Crippen LogP contribution in [-0.4, -0.2) is 11.5 Å². The molecule has 2 aromatic carbocycles. The summed E-state index contributed by atoms with van der Waals surface area (Å²) in [7, 11) is 0. The third-order valence-electron chi connectivity index (χ3n) is 2.67. The SMILES string of the molecule is OC(c1cccc(OC(F)(F)F)c1)c1ccc(Cl)c(F)c1. The van der Waals surface area contributed by atoms with Gasteiger partial charge in [-0.1, -0.05) is 29.8 Å². The largest absolute Gasteiger partial charge is 0.573 e. The van der Waals surface area contributed by atoms with E-state index in [1.165, 1.54) is 24.3 Å². The Labute approximate surface area is 122 Å². The van der Waals surface area contributed by atoms with E-state index in [9.17, 15) is 22.7 Å². The molecule has 0 aromatic heterocycles. The molecule has 1 unspecified atom stereocenters. The number of hydrogen-bond acceptors (Lipinski definition) is 2. The number of aliphatic hydroxyl groups excluding tert-OH is 1. The first kappa shape index (κ1) is 15.6. The Kier molecular flexibility index (Phi) is 4.39. The molecule has 0 amide bonds. The fourth-order valence-corrected chi connectivity index (χ4v) is 1.87. The summed E-state index contributed by atoms with van der Waals surface area (Å²) in [6.07, 6.45) is -6.12.